The first-order valence-corrected chi connectivity index (χ1v) is 7.20. The van der Waals surface area contributed by atoms with Crippen LogP contribution in [-0.4, -0.2) is 37.3 Å². The predicted octanol–water partition coefficient (Wildman–Crippen LogP) is 1.83. The maximum Gasteiger partial charge on any atom is 0.408 e. The van der Waals surface area contributed by atoms with Crippen molar-refractivity contribution in [2.75, 3.05) is 19.7 Å². The summed E-state index contributed by atoms with van der Waals surface area (Å²) in [7, 11) is 0. The Bertz CT molecular complexity index is 451. The number of rotatable bonds is 8. The van der Waals surface area contributed by atoms with Crippen LogP contribution in [0.3, 0.4) is 0 Å². The molecule has 0 saturated heterocycles. The van der Waals surface area contributed by atoms with E-state index in [1.54, 1.807) is 33.1 Å². The molecule has 0 atom stereocenters. The van der Waals surface area contributed by atoms with Crippen LogP contribution in [-0.2, 0) is 20.9 Å². The molecule has 0 aliphatic carbocycles. The summed E-state index contributed by atoms with van der Waals surface area (Å²) < 4.78 is 15.5. The lowest BCUT2D eigenvalue weighted by atomic mass is 10.2. The van der Waals surface area contributed by atoms with Crippen molar-refractivity contribution in [1.82, 2.24) is 10.6 Å². The summed E-state index contributed by atoms with van der Waals surface area (Å²) in [6, 6.07) is 3.64. The van der Waals surface area contributed by atoms with E-state index < -0.39 is 11.7 Å². The summed E-state index contributed by atoms with van der Waals surface area (Å²) in [5.74, 6) is 0.502. The minimum Gasteiger partial charge on any atom is -0.467 e. The number of furan rings is 1. The van der Waals surface area contributed by atoms with Crippen LogP contribution in [0.1, 0.15) is 33.0 Å². The summed E-state index contributed by atoms with van der Waals surface area (Å²) in [6.07, 6.45) is 1.67. The largest absolute Gasteiger partial charge is 0.467 e. The van der Waals surface area contributed by atoms with E-state index in [4.69, 9.17) is 13.9 Å². The molecular weight excluding hydrogens is 288 g/mol. The highest BCUT2D eigenvalue weighted by Crippen LogP contribution is 2.06. The van der Waals surface area contributed by atoms with Crippen LogP contribution in [0.15, 0.2) is 22.8 Å². The molecule has 7 nitrogen and oxygen atoms in total. The average Bonchev–Trinajstić information content (AvgIpc) is 2.91. The van der Waals surface area contributed by atoms with E-state index in [0.29, 0.717) is 26.2 Å². The Hall–Kier alpha value is -2.02. The number of ether oxygens (including phenoxy) is 2. The molecule has 0 aliphatic heterocycles. The first kappa shape index (κ1) is 18.0. The summed E-state index contributed by atoms with van der Waals surface area (Å²) in [4.78, 5) is 22.8. The minimum absolute atomic E-state index is 0.109. The fraction of sp³-hybridized carbons (Fsp3) is 0.600. The van der Waals surface area contributed by atoms with Gasteiger partial charge in [-0.15, -0.1) is 0 Å². The second kappa shape index (κ2) is 9.09. The Labute approximate surface area is 130 Å². The maximum absolute atomic E-state index is 11.5. The van der Waals surface area contributed by atoms with Gasteiger partial charge in [0.2, 0.25) is 5.91 Å². The van der Waals surface area contributed by atoms with Crippen molar-refractivity contribution in [2.24, 2.45) is 0 Å². The van der Waals surface area contributed by atoms with Gasteiger partial charge in [0.1, 0.15) is 18.0 Å². The van der Waals surface area contributed by atoms with Crippen molar-refractivity contribution >= 4 is 12.0 Å². The van der Waals surface area contributed by atoms with E-state index in [0.717, 1.165) is 5.76 Å². The monoisotopic (exact) mass is 312 g/mol. The third-order valence-electron chi connectivity index (χ3n) is 2.40. The number of amides is 2. The molecule has 2 amide bonds. The molecule has 0 fully saturated rings. The molecule has 0 aliphatic rings. The topological polar surface area (TPSA) is 89.8 Å². The van der Waals surface area contributed by atoms with E-state index >= 15 is 0 Å². The third-order valence-corrected chi connectivity index (χ3v) is 2.40. The lowest BCUT2D eigenvalue weighted by Gasteiger charge is -2.19. The molecule has 0 unspecified atom stereocenters. The van der Waals surface area contributed by atoms with E-state index in [1.807, 2.05) is 6.07 Å². The van der Waals surface area contributed by atoms with Crippen LogP contribution in [0.4, 0.5) is 4.79 Å². The molecule has 0 radical (unpaired) electrons. The highest BCUT2D eigenvalue weighted by molar-refractivity contribution is 5.82. The van der Waals surface area contributed by atoms with Gasteiger partial charge in [0.25, 0.3) is 0 Å². The van der Waals surface area contributed by atoms with Crippen LogP contribution in [0.5, 0.6) is 0 Å². The Morgan fingerprint density at radius 2 is 2.05 bits per heavy atom. The van der Waals surface area contributed by atoms with Gasteiger partial charge in [-0.2, -0.15) is 0 Å². The number of carbonyl (C=O) groups excluding carboxylic acids is 2. The van der Waals surface area contributed by atoms with Crippen molar-refractivity contribution in [3.63, 3.8) is 0 Å². The number of nitrogens with one attached hydrogen (secondary N) is 2. The Morgan fingerprint density at radius 1 is 1.27 bits per heavy atom. The summed E-state index contributed by atoms with van der Waals surface area (Å²) >= 11 is 0. The van der Waals surface area contributed by atoms with Gasteiger partial charge < -0.3 is 24.5 Å². The normalized spacial score (nSPS) is 11.0. The van der Waals surface area contributed by atoms with Gasteiger partial charge in [-0.05, 0) is 39.3 Å². The first-order valence-electron chi connectivity index (χ1n) is 7.20. The van der Waals surface area contributed by atoms with Gasteiger partial charge in [0, 0.05) is 13.2 Å². The molecule has 0 saturated carbocycles. The molecular formula is C15H24N2O5. The van der Waals surface area contributed by atoms with Crippen molar-refractivity contribution in [3.05, 3.63) is 24.2 Å². The standard InChI is InChI=1S/C15H24N2O5/c1-15(2,3)22-14(19)17-10-13(18)16-7-5-8-20-11-12-6-4-9-21-12/h4,6,9H,5,7-8,10-11H2,1-3H3,(H,16,18)(H,17,19). The summed E-state index contributed by atoms with van der Waals surface area (Å²) in [5, 5.41) is 5.07. The molecule has 1 rings (SSSR count). The van der Waals surface area contributed by atoms with E-state index in [2.05, 4.69) is 10.6 Å². The van der Waals surface area contributed by atoms with Crippen LogP contribution >= 0.6 is 0 Å². The predicted molar refractivity (Wildman–Crippen MR) is 80.2 cm³/mol. The summed E-state index contributed by atoms with van der Waals surface area (Å²) in [6.45, 7) is 6.58. The lowest BCUT2D eigenvalue weighted by molar-refractivity contribution is -0.120. The molecule has 7 heteroatoms. The SMILES string of the molecule is CC(C)(C)OC(=O)NCC(=O)NCCCOCc1ccco1. The average molecular weight is 312 g/mol. The third kappa shape index (κ3) is 9.02. The molecule has 22 heavy (non-hydrogen) atoms. The molecule has 124 valence electrons. The van der Waals surface area contributed by atoms with Crippen LogP contribution in [0, 0.1) is 0 Å². The quantitative estimate of drug-likeness (QED) is 0.715. The molecule has 1 heterocycles. The van der Waals surface area contributed by atoms with Gasteiger partial charge in [0.05, 0.1) is 12.8 Å². The maximum atomic E-state index is 11.5. The smallest absolute Gasteiger partial charge is 0.408 e. The zero-order chi connectivity index (χ0) is 16.4. The first-order chi connectivity index (χ1) is 10.4. The van der Waals surface area contributed by atoms with E-state index in [1.165, 1.54) is 0 Å². The van der Waals surface area contributed by atoms with Crippen molar-refractivity contribution in [3.8, 4) is 0 Å². The van der Waals surface area contributed by atoms with Gasteiger partial charge in [0.15, 0.2) is 0 Å². The number of carbonyl (C=O) groups is 2. The van der Waals surface area contributed by atoms with E-state index in [9.17, 15) is 9.59 Å². The number of hydrogen-bond acceptors (Lipinski definition) is 5. The highest BCUT2D eigenvalue weighted by Gasteiger charge is 2.16. The van der Waals surface area contributed by atoms with Crippen molar-refractivity contribution < 1.29 is 23.5 Å². The van der Waals surface area contributed by atoms with Crippen molar-refractivity contribution in [1.29, 1.82) is 0 Å². The minimum atomic E-state index is -0.607. The highest BCUT2D eigenvalue weighted by atomic mass is 16.6. The Balaban J connectivity index is 1.98. The fourth-order valence-corrected chi connectivity index (χ4v) is 1.50. The zero-order valence-electron chi connectivity index (χ0n) is 13.3. The lowest BCUT2D eigenvalue weighted by Crippen LogP contribution is -2.40. The van der Waals surface area contributed by atoms with Crippen molar-refractivity contribution in [2.45, 2.75) is 39.4 Å². The van der Waals surface area contributed by atoms with Gasteiger partial charge in [-0.1, -0.05) is 0 Å². The second-order valence-electron chi connectivity index (χ2n) is 5.69. The molecule has 1 aromatic rings. The molecule has 0 bridgehead atoms. The zero-order valence-corrected chi connectivity index (χ0v) is 13.3. The van der Waals surface area contributed by atoms with E-state index in [-0.39, 0.29) is 12.5 Å². The van der Waals surface area contributed by atoms with Crippen LogP contribution in [0.25, 0.3) is 0 Å². The number of alkyl carbamates (subject to hydrolysis) is 1. The van der Waals surface area contributed by atoms with Crippen LogP contribution < -0.4 is 10.6 Å². The molecule has 2 N–H and O–H groups in total. The second-order valence-corrected chi connectivity index (χ2v) is 5.69. The molecule has 0 aromatic carbocycles. The fourth-order valence-electron chi connectivity index (χ4n) is 1.50. The Morgan fingerprint density at radius 3 is 2.68 bits per heavy atom. The number of hydrogen-bond donors (Lipinski definition) is 2. The summed E-state index contributed by atoms with van der Waals surface area (Å²) in [5.41, 5.74) is -0.577. The van der Waals surface area contributed by atoms with Crippen LogP contribution in [0.2, 0.25) is 0 Å². The van der Waals surface area contributed by atoms with Gasteiger partial charge >= 0.3 is 6.09 Å². The molecule has 0 spiro atoms. The molecule has 1 aromatic heterocycles. The Kier molecular flexibility index (Phi) is 7.45. The van der Waals surface area contributed by atoms with Gasteiger partial charge in [-0.3, -0.25) is 4.79 Å². The van der Waals surface area contributed by atoms with Gasteiger partial charge in [-0.25, -0.2) is 4.79 Å².